The zero-order valence-electron chi connectivity index (χ0n) is 10.1. The molecule has 0 saturated heterocycles. The average Bonchev–Trinajstić information content (AvgIpc) is 2.89. The fraction of sp³-hybridized carbons (Fsp3) is 0.182. The van der Waals surface area contributed by atoms with E-state index in [0.717, 1.165) is 17.9 Å². The molecular weight excluding hydrogens is 256 g/mol. The SMILES string of the molecule is COC(=O)n1cc(C(=O)O)c2c1c(OC=O)cn2C. The minimum absolute atomic E-state index is 0.0744. The summed E-state index contributed by atoms with van der Waals surface area (Å²) in [5.41, 5.74) is 0.331. The molecule has 2 heterocycles. The van der Waals surface area contributed by atoms with Gasteiger partial charge in [-0.2, -0.15) is 0 Å². The molecule has 0 aliphatic carbocycles. The van der Waals surface area contributed by atoms with Gasteiger partial charge >= 0.3 is 12.1 Å². The lowest BCUT2D eigenvalue weighted by Crippen LogP contribution is -2.10. The summed E-state index contributed by atoms with van der Waals surface area (Å²) >= 11 is 0. The largest absolute Gasteiger partial charge is 0.478 e. The van der Waals surface area contributed by atoms with Gasteiger partial charge in [-0.3, -0.25) is 4.79 Å². The number of carboxylic acids is 1. The van der Waals surface area contributed by atoms with Gasteiger partial charge in [0.05, 0.1) is 12.6 Å². The molecule has 0 atom stereocenters. The maximum atomic E-state index is 11.6. The van der Waals surface area contributed by atoms with Crippen molar-refractivity contribution in [2.75, 3.05) is 7.11 Å². The molecule has 0 spiro atoms. The summed E-state index contributed by atoms with van der Waals surface area (Å²) in [5, 5.41) is 9.13. The molecule has 8 heteroatoms. The van der Waals surface area contributed by atoms with E-state index in [1.165, 1.54) is 10.8 Å². The molecule has 2 rings (SSSR count). The number of carbonyl (C=O) groups is 3. The number of aromatic nitrogens is 2. The molecule has 0 aliphatic heterocycles. The maximum absolute atomic E-state index is 11.6. The highest BCUT2D eigenvalue weighted by Crippen LogP contribution is 2.31. The Bertz CT molecular complexity index is 681. The predicted octanol–water partition coefficient (Wildman–Crippen LogP) is 0.828. The Hall–Kier alpha value is -2.77. The summed E-state index contributed by atoms with van der Waals surface area (Å²) < 4.78 is 11.7. The topological polar surface area (TPSA) is 99.8 Å². The summed E-state index contributed by atoms with van der Waals surface area (Å²) in [4.78, 5) is 33.2. The van der Waals surface area contributed by atoms with Crippen LogP contribution in [0.4, 0.5) is 4.79 Å². The van der Waals surface area contributed by atoms with E-state index in [1.807, 2.05) is 0 Å². The number of carbonyl (C=O) groups excluding carboxylic acids is 2. The van der Waals surface area contributed by atoms with E-state index in [2.05, 4.69) is 4.74 Å². The van der Waals surface area contributed by atoms with Crippen molar-refractivity contribution in [3.63, 3.8) is 0 Å². The summed E-state index contributed by atoms with van der Waals surface area (Å²) in [6.45, 7) is 0.198. The van der Waals surface area contributed by atoms with Crippen LogP contribution in [0.2, 0.25) is 0 Å². The van der Waals surface area contributed by atoms with Crippen LogP contribution in [-0.2, 0) is 16.6 Å². The number of carboxylic acid groups (broad SMARTS) is 1. The molecule has 0 aromatic carbocycles. The van der Waals surface area contributed by atoms with Crippen LogP contribution in [-0.4, -0.2) is 39.9 Å². The average molecular weight is 266 g/mol. The van der Waals surface area contributed by atoms with E-state index in [0.29, 0.717) is 0 Å². The molecule has 0 aliphatic rings. The molecule has 2 aromatic rings. The molecule has 0 bridgehead atoms. The maximum Gasteiger partial charge on any atom is 0.418 e. The van der Waals surface area contributed by atoms with Crippen molar-refractivity contribution in [2.45, 2.75) is 0 Å². The second kappa shape index (κ2) is 4.48. The van der Waals surface area contributed by atoms with Crippen molar-refractivity contribution in [2.24, 2.45) is 7.05 Å². The van der Waals surface area contributed by atoms with Crippen molar-refractivity contribution >= 4 is 29.6 Å². The molecule has 0 radical (unpaired) electrons. The van der Waals surface area contributed by atoms with Crippen molar-refractivity contribution in [3.05, 3.63) is 18.0 Å². The number of methoxy groups -OCH3 is 1. The van der Waals surface area contributed by atoms with Gasteiger partial charge in [-0.1, -0.05) is 0 Å². The van der Waals surface area contributed by atoms with Crippen LogP contribution in [0.25, 0.3) is 11.0 Å². The molecule has 0 saturated carbocycles. The lowest BCUT2D eigenvalue weighted by atomic mass is 10.3. The molecular formula is C11H10N2O6. The minimum Gasteiger partial charge on any atom is -0.478 e. The number of aromatic carboxylic acids is 1. The zero-order chi connectivity index (χ0) is 14.2. The van der Waals surface area contributed by atoms with Crippen LogP contribution in [0.15, 0.2) is 12.4 Å². The van der Waals surface area contributed by atoms with E-state index in [-0.39, 0.29) is 28.8 Å². The molecule has 0 unspecified atom stereocenters. The van der Waals surface area contributed by atoms with Gasteiger partial charge in [-0.05, 0) is 0 Å². The Morgan fingerprint density at radius 1 is 1.32 bits per heavy atom. The molecule has 2 aromatic heterocycles. The van der Waals surface area contributed by atoms with Crippen LogP contribution in [0.5, 0.6) is 5.75 Å². The van der Waals surface area contributed by atoms with Gasteiger partial charge in [0.15, 0.2) is 5.75 Å². The van der Waals surface area contributed by atoms with Gasteiger partial charge in [0.25, 0.3) is 6.47 Å². The van der Waals surface area contributed by atoms with Crippen LogP contribution in [0.1, 0.15) is 10.4 Å². The number of hydrogen-bond acceptors (Lipinski definition) is 5. The lowest BCUT2D eigenvalue weighted by Gasteiger charge is -2.01. The van der Waals surface area contributed by atoms with E-state index < -0.39 is 12.1 Å². The quantitative estimate of drug-likeness (QED) is 0.826. The van der Waals surface area contributed by atoms with E-state index in [4.69, 9.17) is 9.84 Å². The first-order valence-electron chi connectivity index (χ1n) is 5.13. The second-order valence-electron chi connectivity index (χ2n) is 3.70. The van der Waals surface area contributed by atoms with Crippen molar-refractivity contribution < 1.29 is 29.0 Å². The van der Waals surface area contributed by atoms with Crippen molar-refractivity contribution in [3.8, 4) is 5.75 Å². The number of fused-ring (bicyclic) bond motifs is 1. The van der Waals surface area contributed by atoms with Crippen LogP contribution >= 0.6 is 0 Å². The summed E-state index contributed by atoms with van der Waals surface area (Å²) in [6, 6.07) is 0. The first-order valence-corrected chi connectivity index (χ1v) is 5.13. The summed E-state index contributed by atoms with van der Waals surface area (Å²) in [7, 11) is 2.74. The van der Waals surface area contributed by atoms with E-state index in [1.54, 1.807) is 7.05 Å². The third-order valence-corrected chi connectivity index (χ3v) is 2.65. The Morgan fingerprint density at radius 2 is 2.00 bits per heavy atom. The number of nitrogens with zero attached hydrogens (tertiary/aromatic N) is 2. The Morgan fingerprint density at radius 3 is 2.53 bits per heavy atom. The van der Waals surface area contributed by atoms with E-state index >= 15 is 0 Å². The number of rotatable bonds is 3. The van der Waals surface area contributed by atoms with Crippen molar-refractivity contribution in [1.29, 1.82) is 0 Å². The fourth-order valence-corrected chi connectivity index (χ4v) is 1.93. The Balaban J connectivity index is 2.84. The molecule has 0 amide bonds. The highest BCUT2D eigenvalue weighted by molar-refractivity contribution is 6.07. The van der Waals surface area contributed by atoms with Gasteiger partial charge in [0, 0.05) is 19.4 Å². The van der Waals surface area contributed by atoms with Crippen LogP contribution in [0, 0.1) is 0 Å². The van der Waals surface area contributed by atoms with Crippen molar-refractivity contribution in [1.82, 2.24) is 9.13 Å². The highest BCUT2D eigenvalue weighted by Gasteiger charge is 2.24. The second-order valence-corrected chi connectivity index (χ2v) is 3.70. The minimum atomic E-state index is -1.20. The normalized spacial score (nSPS) is 10.4. The number of aryl methyl sites for hydroxylation is 1. The summed E-state index contributed by atoms with van der Waals surface area (Å²) in [6.07, 6.45) is 1.75. The molecule has 0 fully saturated rings. The molecule has 100 valence electrons. The summed E-state index contributed by atoms with van der Waals surface area (Å²) in [5.74, 6) is -1.13. The number of ether oxygens (including phenoxy) is 2. The van der Waals surface area contributed by atoms with Crippen LogP contribution in [0.3, 0.4) is 0 Å². The molecule has 1 N–H and O–H groups in total. The number of hydrogen-bond donors (Lipinski definition) is 1. The first kappa shape index (κ1) is 12.7. The zero-order valence-corrected chi connectivity index (χ0v) is 10.1. The van der Waals surface area contributed by atoms with Gasteiger partial charge in [-0.25, -0.2) is 14.2 Å². The monoisotopic (exact) mass is 266 g/mol. The van der Waals surface area contributed by atoms with E-state index in [9.17, 15) is 14.4 Å². The fourth-order valence-electron chi connectivity index (χ4n) is 1.93. The van der Waals surface area contributed by atoms with Gasteiger partial charge in [0.1, 0.15) is 11.1 Å². The molecule has 19 heavy (non-hydrogen) atoms. The molecule has 8 nitrogen and oxygen atoms in total. The third-order valence-electron chi connectivity index (χ3n) is 2.65. The van der Waals surface area contributed by atoms with Gasteiger partial charge in [-0.15, -0.1) is 0 Å². The highest BCUT2D eigenvalue weighted by atomic mass is 16.5. The van der Waals surface area contributed by atoms with Gasteiger partial charge in [0.2, 0.25) is 0 Å². The van der Waals surface area contributed by atoms with Gasteiger partial charge < -0.3 is 19.1 Å². The Kier molecular flexibility index (Phi) is 2.99. The standard InChI is InChI=1S/C11H10N2O6/c1-12-4-7(19-5-14)9-8(12)6(10(15)16)3-13(9)11(17)18-2/h3-5H,1-2H3,(H,15,16). The first-order chi connectivity index (χ1) is 9.01. The lowest BCUT2D eigenvalue weighted by molar-refractivity contribution is -0.120. The Labute approximate surface area is 106 Å². The van der Waals surface area contributed by atoms with Crippen LogP contribution < -0.4 is 4.74 Å². The third kappa shape index (κ3) is 1.82. The smallest absolute Gasteiger partial charge is 0.418 e. The predicted molar refractivity (Wildman–Crippen MR) is 62.4 cm³/mol.